The fourth-order valence-corrected chi connectivity index (χ4v) is 2.95. The van der Waals surface area contributed by atoms with Gasteiger partial charge in [0.2, 0.25) is 0 Å². The van der Waals surface area contributed by atoms with Gasteiger partial charge in [0.25, 0.3) is 11.8 Å². The Balaban J connectivity index is 2.10. The van der Waals surface area contributed by atoms with Crippen molar-refractivity contribution in [3.63, 3.8) is 0 Å². The van der Waals surface area contributed by atoms with Crippen LogP contribution in [0.5, 0.6) is 5.75 Å². The Kier molecular flexibility index (Phi) is 8.16. The summed E-state index contributed by atoms with van der Waals surface area (Å²) in [5.41, 5.74) is 1.50. The van der Waals surface area contributed by atoms with Gasteiger partial charge in [-0.3, -0.25) is 14.9 Å². The topological polar surface area (TPSA) is 70.7 Å². The number of nitrogens with one attached hydrogen (secondary N) is 2. The zero-order valence-electron chi connectivity index (χ0n) is 16.8. The van der Waals surface area contributed by atoms with E-state index in [0.29, 0.717) is 35.1 Å². The number of hydrogen-bond acceptors (Lipinski definition) is 4. The molecule has 154 valence electrons. The van der Waals surface area contributed by atoms with Gasteiger partial charge in [-0.2, -0.15) is 0 Å². The first-order valence-corrected chi connectivity index (χ1v) is 10.2. The van der Waals surface area contributed by atoms with Crippen molar-refractivity contribution >= 4 is 50.8 Å². The molecule has 0 aromatic heterocycles. The molecule has 0 aliphatic carbocycles. The third kappa shape index (κ3) is 6.83. The quantitative estimate of drug-likeness (QED) is 0.606. The number of amides is 2. The highest BCUT2D eigenvalue weighted by Crippen LogP contribution is 2.24. The lowest BCUT2D eigenvalue weighted by Gasteiger charge is -2.15. The van der Waals surface area contributed by atoms with E-state index in [1.54, 1.807) is 50.5 Å². The van der Waals surface area contributed by atoms with Crippen LogP contribution in [-0.2, 0) is 0 Å². The summed E-state index contributed by atoms with van der Waals surface area (Å²) in [7, 11) is 3.37. The van der Waals surface area contributed by atoms with E-state index < -0.39 is 0 Å². The molecule has 2 N–H and O–H groups in total. The fourth-order valence-electron chi connectivity index (χ4n) is 2.38. The van der Waals surface area contributed by atoms with Crippen molar-refractivity contribution in [2.45, 2.75) is 13.8 Å². The van der Waals surface area contributed by atoms with Crippen molar-refractivity contribution in [2.24, 2.45) is 5.92 Å². The van der Waals surface area contributed by atoms with Crippen molar-refractivity contribution in [3.8, 4) is 5.75 Å². The molecule has 6 nitrogen and oxygen atoms in total. The van der Waals surface area contributed by atoms with E-state index >= 15 is 0 Å². The van der Waals surface area contributed by atoms with Crippen LogP contribution in [0.25, 0.3) is 0 Å². The summed E-state index contributed by atoms with van der Waals surface area (Å²) < 4.78 is 6.51. The van der Waals surface area contributed by atoms with E-state index in [2.05, 4.69) is 26.6 Å². The van der Waals surface area contributed by atoms with Gasteiger partial charge in [0.05, 0.1) is 12.2 Å². The highest BCUT2D eigenvalue weighted by atomic mass is 79.9. The van der Waals surface area contributed by atoms with Crippen LogP contribution in [0.1, 0.15) is 34.6 Å². The lowest BCUT2D eigenvalue weighted by Crippen LogP contribution is -2.34. The number of rotatable bonds is 6. The Morgan fingerprint density at radius 2 is 1.90 bits per heavy atom. The highest BCUT2D eigenvalue weighted by molar-refractivity contribution is 9.10. The summed E-state index contributed by atoms with van der Waals surface area (Å²) in [6, 6.07) is 12.2. The molecule has 0 radical (unpaired) electrons. The molecule has 0 fully saturated rings. The number of anilines is 1. The van der Waals surface area contributed by atoms with E-state index in [9.17, 15) is 9.59 Å². The lowest BCUT2D eigenvalue weighted by molar-refractivity contribution is 0.0827. The van der Waals surface area contributed by atoms with Crippen LogP contribution >= 0.6 is 28.1 Å². The Hall–Kier alpha value is -2.45. The number of carbonyl (C=O) groups is 2. The van der Waals surface area contributed by atoms with Crippen LogP contribution in [0, 0.1) is 5.92 Å². The predicted octanol–water partition coefficient (Wildman–Crippen LogP) is 4.31. The van der Waals surface area contributed by atoms with E-state index in [4.69, 9.17) is 17.0 Å². The van der Waals surface area contributed by atoms with Crippen LogP contribution < -0.4 is 15.4 Å². The minimum Gasteiger partial charge on any atom is -0.492 e. The molecule has 0 heterocycles. The predicted molar refractivity (Wildman–Crippen MR) is 123 cm³/mol. The molecule has 2 rings (SSSR count). The molecule has 2 aromatic rings. The zero-order chi connectivity index (χ0) is 21.6. The normalized spacial score (nSPS) is 10.4. The maximum absolute atomic E-state index is 12.7. The Bertz CT molecular complexity index is 916. The minimum atomic E-state index is -0.386. The average molecular weight is 478 g/mol. The molecule has 2 aromatic carbocycles. The first-order chi connectivity index (χ1) is 13.7. The average Bonchev–Trinajstić information content (AvgIpc) is 2.66. The highest BCUT2D eigenvalue weighted by Gasteiger charge is 2.16. The minimum absolute atomic E-state index is 0.121. The molecule has 0 saturated heterocycles. The number of carbonyl (C=O) groups excluding carboxylic acids is 2. The Labute approximate surface area is 184 Å². The van der Waals surface area contributed by atoms with Crippen molar-refractivity contribution in [1.29, 1.82) is 0 Å². The second kappa shape index (κ2) is 10.4. The SMILES string of the molecule is CC(C)COc1ccc(Br)cc1C(=O)NC(=S)Nc1cccc(C(=O)N(C)C)c1. The van der Waals surface area contributed by atoms with E-state index in [-0.39, 0.29) is 16.9 Å². The third-order valence-electron chi connectivity index (χ3n) is 3.76. The fraction of sp³-hybridized carbons (Fsp3) is 0.286. The van der Waals surface area contributed by atoms with Crippen molar-refractivity contribution in [3.05, 3.63) is 58.1 Å². The summed E-state index contributed by atoms with van der Waals surface area (Å²) >= 11 is 8.64. The number of thiocarbonyl (C=S) groups is 1. The molecule has 0 aliphatic heterocycles. The van der Waals surface area contributed by atoms with Gasteiger partial charge in [0.15, 0.2) is 5.11 Å². The molecule has 0 unspecified atom stereocenters. The second-order valence-corrected chi connectivity index (χ2v) is 8.36. The number of benzene rings is 2. The Morgan fingerprint density at radius 1 is 1.17 bits per heavy atom. The van der Waals surface area contributed by atoms with Gasteiger partial charge in [-0.1, -0.05) is 35.8 Å². The molecule has 0 bridgehead atoms. The number of hydrogen-bond donors (Lipinski definition) is 2. The maximum Gasteiger partial charge on any atom is 0.261 e. The number of ether oxygens (including phenoxy) is 1. The van der Waals surface area contributed by atoms with Gasteiger partial charge in [0.1, 0.15) is 5.75 Å². The van der Waals surface area contributed by atoms with Crippen LogP contribution in [0.15, 0.2) is 46.9 Å². The lowest BCUT2D eigenvalue weighted by atomic mass is 10.1. The van der Waals surface area contributed by atoms with E-state index in [0.717, 1.165) is 4.47 Å². The largest absolute Gasteiger partial charge is 0.492 e. The second-order valence-electron chi connectivity index (χ2n) is 7.03. The van der Waals surface area contributed by atoms with E-state index in [1.807, 2.05) is 19.9 Å². The van der Waals surface area contributed by atoms with Gasteiger partial charge in [-0.05, 0) is 54.5 Å². The number of halogens is 1. The maximum atomic E-state index is 12.7. The molecule has 29 heavy (non-hydrogen) atoms. The zero-order valence-corrected chi connectivity index (χ0v) is 19.2. The van der Waals surface area contributed by atoms with Gasteiger partial charge in [-0.25, -0.2) is 0 Å². The first kappa shape index (κ1) is 22.8. The van der Waals surface area contributed by atoms with Gasteiger partial charge in [-0.15, -0.1) is 0 Å². The molecular formula is C21H24BrN3O3S. The molecule has 0 saturated carbocycles. The van der Waals surface area contributed by atoms with Crippen LogP contribution in [0.3, 0.4) is 0 Å². The monoisotopic (exact) mass is 477 g/mol. The summed E-state index contributed by atoms with van der Waals surface area (Å²) in [6.45, 7) is 4.57. The summed E-state index contributed by atoms with van der Waals surface area (Å²) in [6.07, 6.45) is 0. The third-order valence-corrected chi connectivity index (χ3v) is 4.46. The van der Waals surface area contributed by atoms with Crippen LogP contribution in [-0.4, -0.2) is 42.5 Å². The van der Waals surface area contributed by atoms with Crippen LogP contribution in [0.4, 0.5) is 5.69 Å². The standard InChI is InChI=1S/C21H24BrN3O3S/c1-13(2)12-28-18-9-8-15(22)11-17(18)19(26)24-21(29)23-16-7-5-6-14(10-16)20(27)25(3)4/h5-11,13H,12H2,1-4H3,(H2,23,24,26,29). The number of nitrogens with zero attached hydrogens (tertiary/aromatic N) is 1. The molecule has 0 atom stereocenters. The molecule has 2 amide bonds. The van der Waals surface area contributed by atoms with Gasteiger partial charge in [0, 0.05) is 29.8 Å². The van der Waals surface area contributed by atoms with Crippen molar-refractivity contribution in [1.82, 2.24) is 10.2 Å². The van der Waals surface area contributed by atoms with Gasteiger partial charge < -0.3 is 15.0 Å². The molecule has 0 aliphatic rings. The smallest absolute Gasteiger partial charge is 0.261 e. The van der Waals surface area contributed by atoms with E-state index in [1.165, 1.54) is 4.90 Å². The molecular weight excluding hydrogens is 454 g/mol. The van der Waals surface area contributed by atoms with Gasteiger partial charge >= 0.3 is 0 Å². The van der Waals surface area contributed by atoms with Crippen molar-refractivity contribution in [2.75, 3.05) is 26.0 Å². The summed E-state index contributed by atoms with van der Waals surface area (Å²) in [5.74, 6) is 0.308. The molecule has 0 spiro atoms. The Morgan fingerprint density at radius 3 is 2.55 bits per heavy atom. The molecule has 8 heteroatoms. The van der Waals surface area contributed by atoms with Crippen LogP contribution in [0.2, 0.25) is 0 Å². The first-order valence-electron chi connectivity index (χ1n) is 9.03. The van der Waals surface area contributed by atoms with Crippen molar-refractivity contribution < 1.29 is 14.3 Å². The summed E-state index contributed by atoms with van der Waals surface area (Å²) in [4.78, 5) is 26.3. The summed E-state index contributed by atoms with van der Waals surface area (Å²) in [5, 5.41) is 5.72.